The number of hydrogen-bond acceptors (Lipinski definition) is 3. The Bertz CT molecular complexity index is 371. The quantitative estimate of drug-likeness (QED) is 0.890. The molecule has 2 rings (SSSR count). The highest BCUT2D eigenvalue weighted by Gasteiger charge is 2.13. The molecule has 0 bridgehead atoms. The lowest BCUT2D eigenvalue weighted by atomic mass is 10.0. The van der Waals surface area contributed by atoms with Crippen molar-refractivity contribution in [3.63, 3.8) is 0 Å². The first-order valence-electron chi connectivity index (χ1n) is 6.78. The summed E-state index contributed by atoms with van der Waals surface area (Å²) in [6.07, 6.45) is 6.34. The van der Waals surface area contributed by atoms with Crippen molar-refractivity contribution in [2.45, 2.75) is 38.1 Å². The molecule has 0 spiro atoms. The lowest BCUT2D eigenvalue weighted by molar-refractivity contribution is 0.354. The molecule has 18 heavy (non-hydrogen) atoms. The molecule has 1 saturated heterocycles. The molecule has 1 aliphatic rings. The van der Waals surface area contributed by atoms with Gasteiger partial charge in [0.05, 0.1) is 14.2 Å². The molecule has 1 aromatic carbocycles. The number of benzene rings is 1. The van der Waals surface area contributed by atoms with Gasteiger partial charge in [-0.25, -0.2) is 0 Å². The van der Waals surface area contributed by atoms with Gasteiger partial charge in [0, 0.05) is 6.04 Å². The van der Waals surface area contributed by atoms with Crippen LogP contribution in [0.1, 0.15) is 31.2 Å². The molecule has 1 unspecified atom stereocenters. The Morgan fingerprint density at radius 2 is 1.94 bits per heavy atom. The molecular formula is C15H23NO2. The van der Waals surface area contributed by atoms with Crippen LogP contribution in [-0.2, 0) is 6.42 Å². The van der Waals surface area contributed by atoms with Gasteiger partial charge < -0.3 is 14.8 Å². The van der Waals surface area contributed by atoms with Gasteiger partial charge in [-0.05, 0) is 43.5 Å². The van der Waals surface area contributed by atoms with Crippen LogP contribution in [-0.4, -0.2) is 26.8 Å². The van der Waals surface area contributed by atoms with Gasteiger partial charge >= 0.3 is 0 Å². The largest absolute Gasteiger partial charge is 0.493 e. The number of ether oxygens (including phenoxy) is 2. The molecule has 0 saturated carbocycles. The summed E-state index contributed by atoms with van der Waals surface area (Å²) < 4.78 is 10.6. The van der Waals surface area contributed by atoms with Gasteiger partial charge in [0.1, 0.15) is 0 Å². The second kappa shape index (κ2) is 6.64. The first-order chi connectivity index (χ1) is 8.83. The van der Waals surface area contributed by atoms with Crippen LogP contribution in [0.5, 0.6) is 11.5 Å². The van der Waals surface area contributed by atoms with Crippen molar-refractivity contribution in [2.24, 2.45) is 0 Å². The first-order valence-corrected chi connectivity index (χ1v) is 6.78. The zero-order chi connectivity index (χ0) is 12.8. The van der Waals surface area contributed by atoms with E-state index in [0.717, 1.165) is 24.5 Å². The Kier molecular flexibility index (Phi) is 4.88. The van der Waals surface area contributed by atoms with Gasteiger partial charge in [0.15, 0.2) is 11.5 Å². The molecule has 3 nitrogen and oxygen atoms in total. The molecule has 0 amide bonds. The van der Waals surface area contributed by atoms with Crippen LogP contribution in [0.2, 0.25) is 0 Å². The molecule has 100 valence electrons. The maximum Gasteiger partial charge on any atom is 0.160 e. The van der Waals surface area contributed by atoms with Crippen LogP contribution >= 0.6 is 0 Å². The lowest BCUT2D eigenvalue weighted by Crippen LogP contribution is -2.30. The third kappa shape index (κ3) is 3.39. The number of methoxy groups -OCH3 is 2. The van der Waals surface area contributed by atoms with E-state index < -0.39 is 0 Å². The number of hydrogen-bond donors (Lipinski definition) is 1. The van der Waals surface area contributed by atoms with Crippen molar-refractivity contribution >= 4 is 0 Å². The molecule has 0 radical (unpaired) electrons. The third-order valence-electron chi connectivity index (χ3n) is 3.59. The SMILES string of the molecule is COc1ccc(CC2CCCCCN2)cc1OC. The minimum absolute atomic E-state index is 0.602. The van der Waals surface area contributed by atoms with E-state index in [1.54, 1.807) is 14.2 Å². The molecule has 1 fully saturated rings. The second-order valence-electron chi connectivity index (χ2n) is 4.89. The molecule has 1 aromatic rings. The molecule has 1 heterocycles. The topological polar surface area (TPSA) is 30.5 Å². The van der Waals surface area contributed by atoms with Crippen molar-refractivity contribution in [1.82, 2.24) is 5.32 Å². The average molecular weight is 249 g/mol. The van der Waals surface area contributed by atoms with Crippen molar-refractivity contribution < 1.29 is 9.47 Å². The van der Waals surface area contributed by atoms with Crippen molar-refractivity contribution in [1.29, 1.82) is 0 Å². The maximum absolute atomic E-state index is 5.35. The predicted octanol–water partition coefficient (Wildman–Crippen LogP) is 2.78. The van der Waals surface area contributed by atoms with Crippen LogP contribution < -0.4 is 14.8 Å². The van der Waals surface area contributed by atoms with Gasteiger partial charge in [-0.15, -0.1) is 0 Å². The Morgan fingerprint density at radius 3 is 2.72 bits per heavy atom. The Balaban J connectivity index is 2.03. The average Bonchev–Trinajstić information content (AvgIpc) is 2.67. The normalized spacial score (nSPS) is 20.2. The van der Waals surface area contributed by atoms with Gasteiger partial charge in [0.25, 0.3) is 0 Å². The Labute approximate surface area is 109 Å². The second-order valence-corrected chi connectivity index (χ2v) is 4.89. The summed E-state index contributed by atoms with van der Waals surface area (Å²) in [5.74, 6) is 1.62. The van der Waals surface area contributed by atoms with E-state index >= 15 is 0 Å². The summed E-state index contributed by atoms with van der Waals surface area (Å²) in [5, 5.41) is 3.62. The Hall–Kier alpha value is -1.22. The summed E-state index contributed by atoms with van der Waals surface area (Å²) in [7, 11) is 3.36. The van der Waals surface area contributed by atoms with E-state index in [4.69, 9.17) is 9.47 Å². The highest BCUT2D eigenvalue weighted by atomic mass is 16.5. The van der Waals surface area contributed by atoms with Gasteiger partial charge in [-0.3, -0.25) is 0 Å². The number of rotatable bonds is 4. The maximum atomic E-state index is 5.35. The van der Waals surface area contributed by atoms with Crippen LogP contribution in [0.4, 0.5) is 0 Å². The standard InChI is InChI=1S/C15H23NO2/c1-17-14-8-7-12(11-15(14)18-2)10-13-6-4-3-5-9-16-13/h7-8,11,13,16H,3-6,9-10H2,1-2H3. The summed E-state index contributed by atoms with van der Waals surface area (Å²) in [5.41, 5.74) is 1.31. The number of nitrogens with one attached hydrogen (secondary N) is 1. The predicted molar refractivity (Wildman–Crippen MR) is 73.5 cm³/mol. The summed E-state index contributed by atoms with van der Waals surface area (Å²) in [6.45, 7) is 1.15. The zero-order valence-corrected chi connectivity index (χ0v) is 11.4. The van der Waals surface area contributed by atoms with E-state index in [2.05, 4.69) is 17.4 Å². The fraction of sp³-hybridized carbons (Fsp3) is 0.600. The fourth-order valence-electron chi connectivity index (χ4n) is 2.57. The molecule has 0 aliphatic carbocycles. The fourth-order valence-corrected chi connectivity index (χ4v) is 2.57. The molecular weight excluding hydrogens is 226 g/mol. The Morgan fingerprint density at radius 1 is 1.11 bits per heavy atom. The van der Waals surface area contributed by atoms with Gasteiger partial charge in [0.2, 0.25) is 0 Å². The molecule has 0 aromatic heterocycles. The monoisotopic (exact) mass is 249 g/mol. The van der Waals surface area contributed by atoms with Crippen LogP contribution in [0.15, 0.2) is 18.2 Å². The molecule has 1 atom stereocenters. The van der Waals surface area contributed by atoms with E-state index in [-0.39, 0.29) is 0 Å². The minimum Gasteiger partial charge on any atom is -0.493 e. The zero-order valence-electron chi connectivity index (χ0n) is 11.4. The summed E-state index contributed by atoms with van der Waals surface area (Å²) in [6, 6.07) is 6.81. The van der Waals surface area contributed by atoms with Gasteiger partial charge in [-0.2, -0.15) is 0 Å². The van der Waals surface area contributed by atoms with E-state index in [9.17, 15) is 0 Å². The molecule has 3 heteroatoms. The third-order valence-corrected chi connectivity index (χ3v) is 3.59. The smallest absolute Gasteiger partial charge is 0.160 e. The van der Waals surface area contributed by atoms with Crippen molar-refractivity contribution in [2.75, 3.05) is 20.8 Å². The highest BCUT2D eigenvalue weighted by molar-refractivity contribution is 5.43. The van der Waals surface area contributed by atoms with Crippen molar-refractivity contribution in [3.8, 4) is 11.5 Å². The molecule has 1 N–H and O–H groups in total. The van der Waals surface area contributed by atoms with Crippen molar-refractivity contribution in [3.05, 3.63) is 23.8 Å². The van der Waals surface area contributed by atoms with Crippen LogP contribution in [0.25, 0.3) is 0 Å². The molecule has 1 aliphatic heterocycles. The van der Waals surface area contributed by atoms with Crippen LogP contribution in [0, 0.1) is 0 Å². The highest BCUT2D eigenvalue weighted by Crippen LogP contribution is 2.28. The van der Waals surface area contributed by atoms with Gasteiger partial charge in [-0.1, -0.05) is 18.9 Å². The van der Waals surface area contributed by atoms with E-state index in [1.807, 2.05) is 6.07 Å². The minimum atomic E-state index is 0.602. The summed E-state index contributed by atoms with van der Waals surface area (Å²) in [4.78, 5) is 0. The van der Waals surface area contributed by atoms with E-state index in [0.29, 0.717) is 6.04 Å². The lowest BCUT2D eigenvalue weighted by Gasteiger charge is -2.17. The summed E-state index contributed by atoms with van der Waals surface area (Å²) >= 11 is 0. The van der Waals surface area contributed by atoms with Crippen LogP contribution in [0.3, 0.4) is 0 Å². The van der Waals surface area contributed by atoms with E-state index in [1.165, 1.54) is 31.2 Å². The first kappa shape index (κ1) is 13.2.